The quantitative estimate of drug-likeness (QED) is 0.821. The van der Waals surface area contributed by atoms with Crippen LogP contribution in [-0.2, 0) is 16.6 Å². The molecule has 0 aromatic heterocycles. The zero-order chi connectivity index (χ0) is 17.5. The van der Waals surface area contributed by atoms with E-state index in [4.69, 9.17) is 9.47 Å². The second-order valence-corrected chi connectivity index (χ2v) is 9.65. The number of nitrogens with zero attached hydrogens (tertiary/aromatic N) is 2. The normalized spacial score (nSPS) is 27.7. The van der Waals surface area contributed by atoms with Crippen LogP contribution in [0.2, 0.25) is 0 Å². The van der Waals surface area contributed by atoms with E-state index in [1.54, 1.807) is 8.61 Å². The van der Waals surface area contributed by atoms with Crippen molar-refractivity contribution in [1.82, 2.24) is 8.61 Å². The van der Waals surface area contributed by atoms with Gasteiger partial charge >= 0.3 is 0 Å². The lowest BCUT2D eigenvalue weighted by atomic mass is 9.77. The zero-order valence-electron chi connectivity index (χ0n) is 14.7. The van der Waals surface area contributed by atoms with Crippen molar-refractivity contribution in [3.63, 3.8) is 0 Å². The lowest BCUT2D eigenvalue weighted by Gasteiger charge is -2.41. The Labute approximate surface area is 149 Å². The first-order chi connectivity index (χ1) is 12.0. The molecule has 2 fully saturated rings. The molecule has 1 aromatic carbocycles. The molecule has 6 nitrogen and oxygen atoms in total. The molecular weight excluding hydrogens is 340 g/mol. The summed E-state index contributed by atoms with van der Waals surface area (Å²) in [7, 11) is -3.31. The summed E-state index contributed by atoms with van der Waals surface area (Å²) in [6.45, 7) is 5.02. The van der Waals surface area contributed by atoms with Gasteiger partial charge in [-0.2, -0.15) is 17.0 Å². The molecule has 25 heavy (non-hydrogen) atoms. The standard InChI is InChI=1S/C18H26N2O4S/c1-18(12-15-5-6-16-17(11-15)24-14-23-16)7-4-10-20(13-18)25(21,22)19-8-2-3-9-19/h5-6,11H,2-4,7-10,12-14H2,1H3. The molecular formula is C18H26N2O4S. The van der Waals surface area contributed by atoms with Crippen LogP contribution in [0.5, 0.6) is 11.5 Å². The first-order valence-corrected chi connectivity index (χ1v) is 10.5. The minimum atomic E-state index is -3.31. The molecule has 0 spiro atoms. The van der Waals surface area contributed by atoms with Crippen LogP contribution in [0, 0.1) is 5.41 Å². The molecule has 4 rings (SSSR count). The number of benzene rings is 1. The largest absolute Gasteiger partial charge is 0.454 e. The van der Waals surface area contributed by atoms with E-state index in [1.165, 1.54) is 5.56 Å². The van der Waals surface area contributed by atoms with E-state index in [0.29, 0.717) is 26.2 Å². The van der Waals surface area contributed by atoms with Crippen molar-refractivity contribution in [3.8, 4) is 11.5 Å². The van der Waals surface area contributed by atoms with Crippen LogP contribution < -0.4 is 9.47 Å². The van der Waals surface area contributed by atoms with Gasteiger partial charge in [-0.1, -0.05) is 13.0 Å². The van der Waals surface area contributed by atoms with Crippen LogP contribution in [-0.4, -0.2) is 50.0 Å². The Balaban J connectivity index is 1.49. The van der Waals surface area contributed by atoms with Crippen LogP contribution in [0.15, 0.2) is 18.2 Å². The van der Waals surface area contributed by atoms with Crippen molar-refractivity contribution in [2.75, 3.05) is 33.0 Å². The SMILES string of the molecule is CC1(Cc2ccc3c(c2)OCO3)CCCN(S(=O)(=O)N2CCCC2)C1. The van der Waals surface area contributed by atoms with Gasteiger partial charge in [-0.05, 0) is 55.2 Å². The summed E-state index contributed by atoms with van der Waals surface area (Å²) in [4.78, 5) is 0. The third kappa shape index (κ3) is 3.37. The predicted octanol–water partition coefficient (Wildman–Crippen LogP) is 2.40. The van der Waals surface area contributed by atoms with E-state index >= 15 is 0 Å². The molecule has 3 heterocycles. The number of fused-ring (bicyclic) bond motifs is 1. The Kier molecular flexibility index (Phi) is 4.42. The van der Waals surface area contributed by atoms with Gasteiger partial charge in [-0.25, -0.2) is 0 Å². The van der Waals surface area contributed by atoms with Gasteiger partial charge in [0.2, 0.25) is 6.79 Å². The van der Waals surface area contributed by atoms with Gasteiger partial charge in [0, 0.05) is 26.2 Å². The Morgan fingerprint density at radius 2 is 1.76 bits per heavy atom. The summed E-state index contributed by atoms with van der Waals surface area (Å²) in [6.07, 6.45) is 4.74. The number of ether oxygens (including phenoxy) is 2. The fourth-order valence-corrected chi connectivity index (χ4v) is 6.11. The zero-order valence-corrected chi connectivity index (χ0v) is 15.6. The number of hydrogen-bond donors (Lipinski definition) is 0. The Morgan fingerprint density at radius 1 is 1.04 bits per heavy atom. The molecule has 138 valence electrons. The van der Waals surface area contributed by atoms with E-state index < -0.39 is 10.2 Å². The van der Waals surface area contributed by atoms with E-state index in [9.17, 15) is 8.42 Å². The Hall–Kier alpha value is -1.31. The molecule has 0 saturated carbocycles. The first kappa shape index (κ1) is 17.1. The molecule has 0 N–H and O–H groups in total. The average molecular weight is 366 g/mol. The number of rotatable bonds is 4. The third-order valence-electron chi connectivity index (χ3n) is 5.53. The van der Waals surface area contributed by atoms with Crippen molar-refractivity contribution >= 4 is 10.2 Å². The van der Waals surface area contributed by atoms with Gasteiger partial charge in [0.15, 0.2) is 11.5 Å². The summed E-state index contributed by atoms with van der Waals surface area (Å²) >= 11 is 0. The molecule has 0 aliphatic carbocycles. The van der Waals surface area contributed by atoms with Crippen LogP contribution >= 0.6 is 0 Å². The van der Waals surface area contributed by atoms with E-state index in [0.717, 1.165) is 43.6 Å². The molecule has 7 heteroatoms. The van der Waals surface area contributed by atoms with Crippen molar-refractivity contribution in [2.45, 2.75) is 39.0 Å². The molecule has 0 radical (unpaired) electrons. The Morgan fingerprint density at radius 3 is 2.56 bits per heavy atom. The van der Waals surface area contributed by atoms with Gasteiger partial charge in [0.1, 0.15) is 0 Å². The van der Waals surface area contributed by atoms with Crippen LogP contribution in [0.3, 0.4) is 0 Å². The fraction of sp³-hybridized carbons (Fsp3) is 0.667. The Bertz CT molecular complexity index is 745. The maximum atomic E-state index is 12.9. The lowest BCUT2D eigenvalue weighted by molar-refractivity contribution is 0.159. The van der Waals surface area contributed by atoms with Crippen molar-refractivity contribution in [3.05, 3.63) is 23.8 Å². The fourth-order valence-electron chi connectivity index (χ4n) is 4.23. The molecule has 2 saturated heterocycles. The lowest BCUT2D eigenvalue weighted by Crippen LogP contribution is -2.50. The van der Waals surface area contributed by atoms with E-state index in [-0.39, 0.29) is 12.2 Å². The van der Waals surface area contributed by atoms with Crippen LogP contribution in [0.25, 0.3) is 0 Å². The van der Waals surface area contributed by atoms with Gasteiger partial charge in [-0.3, -0.25) is 0 Å². The molecule has 3 aliphatic heterocycles. The number of piperidine rings is 1. The maximum Gasteiger partial charge on any atom is 0.281 e. The average Bonchev–Trinajstić information content (AvgIpc) is 3.26. The summed E-state index contributed by atoms with van der Waals surface area (Å²) < 4.78 is 40.0. The molecule has 1 unspecified atom stereocenters. The highest BCUT2D eigenvalue weighted by Gasteiger charge is 2.39. The molecule has 0 bridgehead atoms. The highest BCUT2D eigenvalue weighted by Crippen LogP contribution is 2.38. The van der Waals surface area contributed by atoms with Crippen molar-refractivity contribution in [2.24, 2.45) is 5.41 Å². The van der Waals surface area contributed by atoms with Gasteiger partial charge in [0.25, 0.3) is 10.2 Å². The van der Waals surface area contributed by atoms with Crippen molar-refractivity contribution in [1.29, 1.82) is 0 Å². The second-order valence-electron chi connectivity index (χ2n) is 7.73. The molecule has 1 aromatic rings. The van der Waals surface area contributed by atoms with Gasteiger partial charge in [-0.15, -0.1) is 0 Å². The molecule has 0 amide bonds. The summed E-state index contributed by atoms with van der Waals surface area (Å²) in [5, 5.41) is 0. The highest BCUT2D eigenvalue weighted by molar-refractivity contribution is 7.86. The monoisotopic (exact) mass is 366 g/mol. The van der Waals surface area contributed by atoms with Gasteiger partial charge in [0.05, 0.1) is 0 Å². The second kappa shape index (κ2) is 6.45. The first-order valence-electron chi connectivity index (χ1n) is 9.10. The summed E-state index contributed by atoms with van der Waals surface area (Å²) in [5.74, 6) is 1.58. The molecule has 3 aliphatic rings. The smallest absolute Gasteiger partial charge is 0.281 e. The minimum Gasteiger partial charge on any atom is -0.454 e. The summed E-state index contributed by atoms with van der Waals surface area (Å²) in [5.41, 5.74) is 1.12. The topological polar surface area (TPSA) is 59.1 Å². The van der Waals surface area contributed by atoms with Gasteiger partial charge < -0.3 is 9.47 Å². The van der Waals surface area contributed by atoms with Crippen LogP contribution in [0.1, 0.15) is 38.2 Å². The van der Waals surface area contributed by atoms with E-state index in [1.807, 2.05) is 12.1 Å². The minimum absolute atomic E-state index is 0.0568. The van der Waals surface area contributed by atoms with Crippen molar-refractivity contribution < 1.29 is 17.9 Å². The predicted molar refractivity (Wildman–Crippen MR) is 94.9 cm³/mol. The highest BCUT2D eigenvalue weighted by atomic mass is 32.2. The van der Waals surface area contributed by atoms with Crippen LogP contribution in [0.4, 0.5) is 0 Å². The van der Waals surface area contributed by atoms with E-state index in [2.05, 4.69) is 13.0 Å². The number of hydrogen-bond acceptors (Lipinski definition) is 4. The molecule has 1 atom stereocenters. The third-order valence-corrected chi connectivity index (χ3v) is 7.51. The summed E-state index contributed by atoms with van der Waals surface area (Å²) in [6, 6.07) is 6.04. The maximum absolute atomic E-state index is 12.9.